The monoisotopic (exact) mass is 314 g/mol. The zero-order valence-corrected chi connectivity index (χ0v) is 14.1. The molecule has 0 aliphatic carbocycles. The lowest BCUT2D eigenvalue weighted by Crippen LogP contribution is -2.39. The highest BCUT2D eigenvalue weighted by Gasteiger charge is 2.16. The fraction of sp³-hybridized carbons (Fsp3) is 0.643. The molecule has 0 atom stereocenters. The third-order valence-electron chi connectivity index (χ3n) is 3.19. The molecule has 0 spiro atoms. The topological polar surface area (TPSA) is 74.3 Å². The van der Waals surface area contributed by atoms with Crippen molar-refractivity contribution in [2.75, 3.05) is 20.1 Å². The molecule has 1 aromatic heterocycles. The zero-order valence-electron chi connectivity index (χ0n) is 13.3. The average molecular weight is 314 g/mol. The molecular formula is C14H26N4O2S. The summed E-state index contributed by atoms with van der Waals surface area (Å²) in [5, 5.41) is 3.27. The van der Waals surface area contributed by atoms with Gasteiger partial charge in [0.05, 0.1) is 0 Å². The first kappa shape index (κ1) is 18.0. The molecule has 0 unspecified atom stereocenters. The van der Waals surface area contributed by atoms with E-state index < -0.39 is 10.2 Å². The quantitative estimate of drug-likeness (QED) is 0.668. The number of pyridine rings is 1. The number of aryl methyl sites for hydroxylation is 1. The lowest BCUT2D eigenvalue weighted by atomic mass is 10.2. The summed E-state index contributed by atoms with van der Waals surface area (Å²) in [6.07, 6.45) is 4.17. The molecular weight excluding hydrogens is 288 g/mol. The normalized spacial score (nSPS) is 12.3. The predicted octanol–water partition coefficient (Wildman–Crippen LogP) is 1.04. The molecule has 1 aromatic rings. The van der Waals surface area contributed by atoms with Crippen molar-refractivity contribution in [1.82, 2.24) is 19.3 Å². The Morgan fingerprint density at radius 2 is 2.10 bits per heavy atom. The lowest BCUT2D eigenvalue weighted by Gasteiger charge is -2.18. The number of nitrogens with zero attached hydrogens (tertiary/aromatic N) is 2. The molecule has 0 saturated carbocycles. The van der Waals surface area contributed by atoms with E-state index in [4.69, 9.17) is 0 Å². The largest absolute Gasteiger partial charge is 0.314 e. The third-order valence-corrected chi connectivity index (χ3v) is 4.71. The van der Waals surface area contributed by atoms with Crippen molar-refractivity contribution in [3.05, 3.63) is 29.6 Å². The Morgan fingerprint density at radius 3 is 2.71 bits per heavy atom. The Kier molecular flexibility index (Phi) is 7.24. The van der Waals surface area contributed by atoms with E-state index in [1.54, 1.807) is 19.4 Å². The van der Waals surface area contributed by atoms with E-state index in [0.29, 0.717) is 12.6 Å². The highest BCUT2D eigenvalue weighted by molar-refractivity contribution is 7.87. The second-order valence-electron chi connectivity index (χ2n) is 5.41. The molecule has 120 valence electrons. The summed E-state index contributed by atoms with van der Waals surface area (Å²) >= 11 is 0. The molecule has 1 rings (SSSR count). The number of aromatic nitrogens is 1. The SMILES string of the molecule is Cc1cnccc1CNS(=O)(=O)N(C)CCCNC(C)C. The number of hydrogen-bond acceptors (Lipinski definition) is 4. The first-order chi connectivity index (χ1) is 9.83. The minimum atomic E-state index is -3.44. The van der Waals surface area contributed by atoms with Crippen molar-refractivity contribution < 1.29 is 8.42 Å². The maximum absolute atomic E-state index is 12.1. The average Bonchev–Trinajstić information content (AvgIpc) is 2.42. The van der Waals surface area contributed by atoms with Gasteiger partial charge >= 0.3 is 0 Å². The van der Waals surface area contributed by atoms with Crippen LogP contribution in [0.15, 0.2) is 18.5 Å². The molecule has 0 aliphatic heterocycles. The molecule has 2 N–H and O–H groups in total. The Hall–Kier alpha value is -1.02. The van der Waals surface area contributed by atoms with Gasteiger partial charge in [-0.05, 0) is 37.1 Å². The second-order valence-corrected chi connectivity index (χ2v) is 7.27. The molecule has 0 aliphatic rings. The molecule has 0 aromatic carbocycles. The van der Waals surface area contributed by atoms with Crippen LogP contribution in [0.3, 0.4) is 0 Å². The van der Waals surface area contributed by atoms with Crippen LogP contribution in [0.2, 0.25) is 0 Å². The molecule has 0 bridgehead atoms. The maximum atomic E-state index is 12.1. The van der Waals surface area contributed by atoms with Gasteiger partial charge in [-0.15, -0.1) is 0 Å². The van der Waals surface area contributed by atoms with Gasteiger partial charge in [-0.3, -0.25) is 4.98 Å². The van der Waals surface area contributed by atoms with Gasteiger partial charge in [0, 0.05) is 38.6 Å². The summed E-state index contributed by atoms with van der Waals surface area (Å²) in [6.45, 7) is 7.63. The smallest absolute Gasteiger partial charge is 0.279 e. The summed E-state index contributed by atoms with van der Waals surface area (Å²) < 4.78 is 28.2. The highest BCUT2D eigenvalue weighted by atomic mass is 32.2. The van der Waals surface area contributed by atoms with Gasteiger partial charge in [0.2, 0.25) is 0 Å². The minimum absolute atomic E-state index is 0.283. The molecule has 0 saturated heterocycles. The van der Waals surface area contributed by atoms with Gasteiger partial charge in [-0.2, -0.15) is 17.4 Å². The Bertz CT molecular complexity index is 532. The van der Waals surface area contributed by atoms with Crippen LogP contribution in [-0.4, -0.2) is 43.9 Å². The van der Waals surface area contributed by atoms with Gasteiger partial charge in [0.15, 0.2) is 0 Å². The fourth-order valence-corrected chi connectivity index (χ4v) is 2.72. The van der Waals surface area contributed by atoms with E-state index in [1.807, 2.05) is 13.0 Å². The number of nitrogens with one attached hydrogen (secondary N) is 2. The van der Waals surface area contributed by atoms with Crippen molar-refractivity contribution in [3.63, 3.8) is 0 Å². The van der Waals surface area contributed by atoms with Crippen molar-refractivity contribution in [3.8, 4) is 0 Å². The molecule has 0 radical (unpaired) electrons. The van der Waals surface area contributed by atoms with Crippen LogP contribution in [0.1, 0.15) is 31.4 Å². The molecule has 7 heteroatoms. The number of rotatable bonds is 9. The summed E-state index contributed by atoms with van der Waals surface area (Å²) in [5.41, 5.74) is 1.91. The molecule has 6 nitrogen and oxygen atoms in total. The maximum Gasteiger partial charge on any atom is 0.279 e. The van der Waals surface area contributed by atoms with E-state index in [9.17, 15) is 8.42 Å². The summed E-state index contributed by atoms with van der Waals surface area (Å²) in [7, 11) is -1.85. The van der Waals surface area contributed by atoms with Crippen LogP contribution in [0.4, 0.5) is 0 Å². The van der Waals surface area contributed by atoms with Crippen molar-refractivity contribution >= 4 is 10.2 Å². The van der Waals surface area contributed by atoms with Gasteiger partial charge in [0.25, 0.3) is 10.2 Å². The molecule has 1 heterocycles. The van der Waals surface area contributed by atoms with Crippen molar-refractivity contribution in [1.29, 1.82) is 0 Å². The van der Waals surface area contributed by atoms with Crippen LogP contribution in [-0.2, 0) is 16.8 Å². The van der Waals surface area contributed by atoms with Crippen LogP contribution < -0.4 is 10.0 Å². The Morgan fingerprint density at radius 1 is 1.38 bits per heavy atom. The first-order valence-corrected chi connectivity index (χ1v) is 8.60. The van der Waals surface area contributed by atoms with E-state index >= 15 is 0 Å². The van der Waals surface area contributed by atoms with Crippen molar-refractivity contribution in [2.45, 2.75) is 39.8 Å². The first-order valence-electron chi connectivity index (χ1n) is 7.16. The third kappa shape index (κ3) is 6.52. The Labute approximate surface area is 128 Å². The van der Waals surface area contributed by atoms with E-state index in [0.717, 1.165) is 24.1 Å². The summed E-state index contributed by atoms with van der Waals surface area (Å²) in [4.78, 5) is 3.99. The van der Waals surface area contributed by atoms with E-state index in [-0.39, 0.29) is 6.54 Å². The van der Waals surface area contributed by atoms with Crippen LogP contribution in [0.5, 0.6) is 0 Å². The standard InChI is InChI=1S/C14H26N4O2S/c1-12(2)16-7-5-9-18(4)21(19,20)17-11-14-6-8-15-10-13(14)3/h6,8,10,12,16-17H,5,7,9,11H2,1-4H3. The van der Waals surface area contributed by atoms with Crippen LogP contribution in [0, 0.1) is 6.92 Å². The summed E-state index contributed by atoms with van der Waals surface area (Å²) in [5.74, 6) is 0. The Balaban J connectivity index is 2.43. The second kappa shape index (κ2) is 8.43. The zero-order chi connectivity index (χ0) is 15.9. The molecule has 0 fully saturated rings. The van der Waals surface area contributed by atoms with Gasteiger partial charge in [0.1, 0.15) is 0 Å². The molecule has 21 heavy (non-hydrogen) atoms. The predicted molar refractivity (Wildman–Crippen MR) is 85.1 cm³/mol. The minimum Gasteiger partial charge on any atom is -0.314 e. The highest BCUT2D eigenvalue weighted by Crippen LogP contribution is 2.06. The van der Waals surface area contributed by atoms with E-state index in [1.165, 1.54) is 4.31 Å². The van der Waals surface area contributed by atoms with Gasteiger partial charge in [-0.1, -0.05) is 13.8 Å². The van der Waals surface area contributed by atoms with Gasteiger partial charge in [-0.25, -0.2) is 0 Å². The fourth-order valence-electron chi connectivity index (χ4n) is 1.79. The van der Waals surface area contributed by atoms with E-state index in [2.05, 4.69) is 28.9 Å². The summed E-state index contributed by atoms with van der Waals surface area (Å²) in [6, 6.07) is 2.24. The van der Waals surface area contributed by atoms with Gasteiger partial charge < -0.3 is 5.32 Å². The van der Waals surface area contributed by atoms with Crippen molar-refractivity contribution in [2.24, 2.45) is 0 Å². The number of hydrogen-bond donors (Lipinski definition) is 2. The molecule has 0 amide bonds. The lowest BCUT2D eigenvalue weighted by molar-refractivity contribution is 0.439. The van der Waals surface area contributed by atoms with Crippen LogP contribution >= 0.6 is 0 Å². The van der Waals surface area contributed by atoms with Crippen LogP contribution in [0.25, 0.3) is 0 Å².